The van der Waals surface area contributed by atoms with Gasteiger partial charge in [-0.2, -0.15) is 5.10 Å². The molecule has 0 bridgehead atoms. The lowest BCUT2D eigenvalue weighted by atomic mass is 10.2. The zero-order valence-corrected chi connectivity index (χ0v) is 12.0. The molecule has 0 fully saturated rings. The molecule has 0 saturated heterocycles. The van der Waals surface area contributed by atoms with Crippen LogP contribution >= 0.6 is 27.5 Å². The molecule has 0 atom stereocenters. The lowest BCUT2D eigenvalue weighted by Crippen LogP contribution is -2.05. The first kappa shape index (κ1) is 12.5. The van der Waals surface area contributed by atoms with Crippen LogP contribution in [0.3, 0.4) is 0 Å². The van der Waals surface area contributed by atoms with Gasteiger partial charge in [0.25, 0.3) is 0 Å². The van der Waals surface area contributed by atoms with Crippen molar-refractivity contribution in [2.45, 2.75) is 20.4 Å². The van der Waals surface area contributed by atoms with Crippen molar-refractivity contribution in [3.63, 3.8) is 0 Å². The predicted molar refractivity (Wildman–Crippen MR) is 74.4 cm³/mol. The van der Waals surface area contributed by atoms with E-state index in [-0.39, 0.29) is 0 Å². The third-order valence-electron chi connectivity index (χ3n) is 2.68. The molecule has 1 aromatic heterocycles. The van der Waals surface area contributed by atoms with E-state index in [2.05, 4.69) is 21.0 Å². The Kier molecular flexibility index (Phi) is 3.45. The first-order chi connectivity index (χ1) is 7.99. The van der Waals surface area contributed by atoms with Crippen LogP contribution < -0.4 is 5.73 Å². The Morgan fingerprint density at radius 1 is 1.41 bits per heavy atom. The van der Waals surface area contributed by atoms with Gasteiger partial charge in [0.05, 0.1) is 22.4 Å². The Morgan fingerprint density at radius 3 is 2.71 bits per heavy atom. The minimum Gasteiger partial charge on any atom is -0.399 e. The molecule has 0 amide bonds. The molecule has 2 aromatic rings. The molecule has 0 aliphatic heterocycles. The molecule has 0 radical (unpaired) electrons. The Labute approximate surface area is 114 Å². The summed E-state index contributed by atoms with van der Waals surface area (Å²) in [5, 5.41) is 5.16. The number of aromatic nitrogens is 2. The van der Waals surface area contributed by atoms with E-state index in [9.17, 15) is 0 Å². The van der Waals surface area contributed by atoms with E-state index in [1.165, 1.54) is 0 Å². The molecule has 2 rings (SSSR count). The van der Waals surface area contributed by atoms with Crippen molar-refractivity contribution >= 4 is 33.2 Å². The molecule has 0 saturated carbocycles. The highest BCUT2D eigenvalue weighted by Gasteiger charge is 2.10. The molecule has 0 aliphatic rings. The van der Waals surface area contributed by atoms with Crippen molar-refractivity contribution in [3.8, 4) is 0 Å². The number of nitrogens with two attached hydrogens (primary N) is 1. The normalized spacial score (nSPS) is 10.8. The van der Waals surface area contributed by atoms with Gasteiger partial charge in [-0.15, -0.1) is 0 Å². The third kappa shape index (κ3) is 2.48. The van der Waals surface area contributed by atoms with Crippen molar-refractivity contribution in [3.05, 3.63) is 44.6 Å². The summed E-state index contributed by atoms with van der Waals surface area (Å²) in [5.74, 6) is 0. The van der Waals surface area contributed by atoms with Crippen LogP contribution in [-0.4, -0.2) is 9.78 Å². The summed E-state index contributed by atoms with van der Waals surface area (Å²) >= 11 is 9.64. The number of anilines is 1. The van der Waals surface area contributed by atoms with Gasteiger partial charge in [-0.05, 0) is 53.5 Å². The molecule has 17 heavy (non-hydrogen) atoms. The van der Waals surface area contributed by atoms with Gasteiger partial charge < -0.3 is 5.73 Å². The van der Waals surface area contributed by atoms with E-state index in [1.807, 2.05) is 30.7 Å². The van der Waals surface area contributed by atoms with Gasteiger partial charge >= 0.3 is 0 Å². The molecule has 0 aliphatic carbocycles. The van der Waals surface area contributed by atoms with Gasteiger partial charge in [0.1, 0.15) is 0 Å². The minimum atomic E-state index is 0.627. The first-order valence-electron chi connectivity index (χ1n) is 5.22. The zero-order valence-electron chi connectivity index (χ0n) is 9.67. The maximum absolute atomic E-state index is 6.14. The van der Waals surface area contributed by atoms with Gasteiger partial charge in [0.2, 0.25) is 0 Å². The van der Waals surface area contributed by atoms with Crippen LogP contribution in [0.2, 0.25) is 5.02 Å². The Bertz CT molecular complexity index is 563. The monoisotopic (exact) mass is 313 g/mol. The molecule has 1 aromatic carbocycles. The van der Waals surface area contributed by atoms with Crippen molar-refractivity contribution in [1.29, 1.82) is 0 Å². The van der Waals surface area contributed by atoms with Crippen LogP contribution in [0.4, 0.5) is 5.69 Å². The van der Waals surface area contributed by atoms with E-state index in [4.69, 9.17) is 17.3 Å². The topological polar surface area (TPSA) is 43.8 Å². The summed E-state index contributed by atoms with van der Waals surface area (Å²) in [6.45, 7) is 4.61. The number of nitrogen functional groups attached to an aromatic ring is 1. The average molecular weight is 315 g/mol. The molecule has 3 nitrogen and oxygen atoms in total. The fourth-order valence-corrected chi connectivity index (χ4v) is 2.17. The SMILES string of the molecule is Cc1nn(Cc2cc(N)ccc2Cl)c(C)c1Br. The predicted octanol–water partition coefficient (Wildman–Crippen LogP) is 3.55. The van der Waals surface area contributed by atoms with E-state index in [0.29, 0.717) is 17.3 Å². The second kappa shape index (κ2) is 4.70. The first-order valence-corrected chi connectivity index (χ1v) is 6.39. The summed E-state index contributed by atoms with van der Waals surface area (Å²) in [6.07, 6.45) is 0. The molecule has 0 unspecified atom stereocenters. The van der Waals surface area contributed by atoms with Gasteiger partial charge in [-0.1, -0.05) is 11.6 Å². The van der Waals surface area contributed by atoms with Crippen LogP contribution in [-0.2, 0) is 6.54 Å². The number of halogens is 2. The van der Waals surface area contributed by atoms with Crippen LogP contribution in [0, 0.1) is 13.8 Å². The third-order valence-corrected chi connectivity index (χ3v) is 4.20. The standard InChI is InChI=1S/C12H13BrClN3/c1-7-12(13)8(2)17(16-7)6-9-5-10(15)3-4-11(9)14/h3-5H,6,15H2,1-2H3. The molecular formula is C12H13BrClN3. The summed E-state index contributed by atoms with van der Waals surface area (Å²) < 4.78 is 2.96. The van der Waals surface area contributed by atoms with Crippen LogP contribution in [0.5, 0.6) is 0 Å². The zero-order chi connectivity index (χ0) is 12.6. The van der Waals surface area contributed by atoms with Gasteiger partial charge in [-0.25, -0.2) is 0 Å². The number of nitrogens with zero attached hydrogens (tertiary/aromatic N) is 2. The smallest absolute Gasteiger partial charge is 0.0738 e. The van der Waals surface area contributed by atoms with E-state index < -0.39 is 0 Å². The average Bonchev–Trinajstić information content (AvgIpc) is 2.52. The van der Waals surface area contributed by atoms with Crippen LogP contribution in [0.1, 0.15) is 17.0 Å². The van der Waals surface area contributed by atoms with E-state index in [1.54, 1.807) is 6.07 Å². The van der Waals surface area contributed by atoms with Crippen molar-refractivity contribution < 1.29 is 0 Å². The fourth-order valence-electron chi connectivity index (χ4n) is 1.71. The molecular weight excluding hydrogens is 302 g/mol. The lowest BCUT2D eigenvalue weighted by Gasteiger charge is -2.07. The van der Waals surface area contributed by atoms with Gasteiger partial charge in [0, 0.05) is 10.7 Å². The van der Waals surface area contributed by atoms with Crippen LogP contribution in [0.15, 0.2) is 22.7 Å². The number of aryl methyl sites for hydroxylation is 1. The summed E-state index contributed by atoms with van der Waals surface area (Å²) in [6, 6.07) is 5.49. The molecule has 2 N–H and O–H groups in total. The molecule has 0 spiro atoms. The number of hydrogen-bond acceptors (Lipinski definition) is 2. The Balaban J connectivity index is 2.37. The molecule has 90 valence electrons. The molecule has 1 heterocycles. The van der Waals surface area contributed by atoms with Gasteiger partial charge in [0.15, 0.2) is 0 Å². The largest absolute Gasteiger partial charge is 0.399 e. The summed E-state index contributed by atoms with van der Waals surface area (Å²) in [4.78, 5) is 0. The van der Waals surface area contributed by atoms with Crippen LogP contribution in [0.25, 0.3) is 0 Å². The minimum absolute atomic E-state index is 0.627. The van der Waals surface area contributed by atoms with Gasteiger partial charge in [-0.3, -0.25) is 4.68 Å². The highest BCUT2D eigenvalue weighted by Crippen LogP contribution is 2.24. The lowest BCUT2D eigenvalue weighted by molar-refractivity contribution is 0.659. The quantitative estimate of drug-likeness (QED) is 0.862. The van der Waals surface area contributed by atoms with Crippen molar-refractivity contribution in [2.24, 2.45) is 0 Å². The second-order valence-electron chi connectivity index (χ2n) is 3.99. The Hall–Kier alpha value is -1.000. The number of benzene rings is 1. The van der Waals surface area contributed by atoms with E-state index in [0.717, 1.165) is 21.4 Å². The number of rotatable bonds is 2. The fraction of sp³-hybridized carbons (Fsp3) is 0.250. The summed E-state index contributed by atoms with van der Waals surface area (Å²) in [7, 11) is 0. The Morgan fingerprint density at radius 2 is 2.12 bits per heavy atom. The maximum Gasteiger partial charge on any atom is 0.0738 e. The number of hydrogen-bond donors (Lipinski definition) is 1. The maximum atomic E-state index is 6.14. The molecule has 5 heteroatoms. The highest BCUT2D eigenvalue weighted by atomic mass is 79.9. The summed E-state index contributed by atoms with van der Waals surface area (Å²) in [5.41, 5.74) is 9.51. The highest BCUT2D eigenvalue weighted by molar-refractivity contribution is 9.10. The van der Waals surface area contributed by atoms with E-state index >= 15 is 0 Å². The van der Waals surface area contributed by atoms with Crippen molar-refractivity contribution in [1.82, 2.24) is 9.78 Å². The second-order valence-corrected chi connectivity index (χ2v) is 5.19. The van der Waals surface area contributed by atoms with Crippen molar-refractivity contribution in [2.75, 3.05) is 5.73 Å².